The Morgan fingerprint density at radius 2 is 0.821 bits per heavy atom. The van der Waals surface area contributed by atoms with Gasteiger partial charge in [-0.05, 0) is 297 Å². The predicted octanol–water partition coefficient (Wildman–Crippen LogP) is 24.1. The molecule has 0 unspecified atom stereocenters. The van der Waals surface area contributed by atoms with Gasteiger partial charge in [0.15, 0.2) is 0 Å². The molecule has 4 aromatic rings. The van der Waals surface area contributed by atoms with E-state index in [0.717, 1.165) is 123 Å². The SMILES string of the molecule is CC(C)(C)CCCOc1cccc(CCC(C)(C)C)c1.CC(C)(C)COCCC(=O)N1CC[C@@H](NC(C)(C)C)C1.CC(C)(C)COCCN1CCC(NC(C)(C)C)CC1.CC(C)(C)COCCc1ccc(CNC(C)(C)C)cc1.CC(C)(C)COc1ccccc1C(=O)N1CC[C@@H](NC(C)(C)C)C1.CC(C)(C)Cc1ccc(CCCCNC(C)(C)C)cc1. The number of piperidine rings is 1. The normalized spacial score (nSPS) is 16.2. The van der Waals surface area contributed by atoms with Crippen molar-refractivity contribution in [1.29, 1.82) is 0 Å². The third-order valence-corrected chi connectivity index (χ3v) is 20.0. The summed E-state index contributed by atoms with van der Waals surface area (Å²) in [6, 6.07) is 35.7. The molecule has 3 aliphatic rings. The van der Waals surface area contributed by atoms with E-state index in [0.29, 0.717) is 71.9 Å². The van der Waals surface area contributed by atoms with Crippen molar-refractivity contribution in [1.82, 2.24) is 41.3 Å². The van der Waals surface area contributed by atoms with Crippen molar-refractivity contribution in [2.24, 2.45) is 37.9 Å². The Hall–Kier alpha value is -4.94. The standard InChI is InChI=1S/C20H32N2O2.C19H33N.C19H32O.C18H31NO.C16H32N2O2.C16H34N2O/c1-19(2,3)14-24-17-10-8-7-9-16(17)18(23)22-12-11-15(13-22)21-20(4,5)6;1-18(2,3)15-17-12-10-16(11-13-17)9-7-8-14-20-19(4,5)6;1-18(2,3)12-8-14-20-17-10-7-9-16(15-17)11-13-19(4,5)6;1-17(2,3)14-20-12-11-15-7-9-16(10-8-15)13-19-18(4,5)6;1-15(2,3)12-20-10-8-14(19)18-9-7-13(11-18)17-16(4,5)6;1-15(2,3)13-19-12-11-18-9-7-14(8-10-18)17-16(4,5)6/h7-10,15,21H,11-14H2,1-6H3;10-13,20H,7-9,14-15H2,1-6H3;7,9-10,15H,8,11-14H2,1-6H3;7-10,19H,11-14H2,1-6H3;13,17H,7-12H2,1-6H3;14,17H,7-13H2,1-6H3/t15-;;;;13-;/m1...1./s1. The lowest BCUT2D eigenvalue weighted by Crippen LogP contribution is -2.49. The number of amides is 2. The van der Waals surface area contributed by atoms with E-state index in [4.69, 9.17) is 23.7 Å². The number of nitrogens with zero attached hydrogens (tertiary/aromatic N) is 3. The van der Waals surface area contributed by atoms with Crippen molar-refractivity contribution in [2.75, 3.05) is 105 Å². The topological polar surface area (TPSA) is 150 Å². The van der Waals surface area contributed by atoms with Gasteiger partial charge in [0.2, 0.25) is 5.91 Å². The lowest BCUT2D eigenvalue weighted by Gasteiger charge is -2.36. The Morgan fingerprint density at radius 1 is 0.366 bits per heavy atom. The fourth-order valence-electron chi connectivity index (χ4n) is 14.0. The minimum atomic E-state index is 0.0610. The molecular formula is C108H194N8O7. The van der Waals surface area contributed by atoms with Crippen LogP contribution in [0.1, 0.15) is 352 Å². The Balaban J connectivity index is 0.000000501. The van der Waals surface area contributed by atoms with E-state index in [1.165, 1.54) is 85.9 Å². The summed E-state index contributed by atoms with van der Waals surface area (Å²) in [6.07, 6.45) is 15.6. The number of aryl methyl sites for hydroxylation is 2. The van der Waals surface area contributed by atoms with Crippen molar-refractivity contribution in [2.45, 2.75) is 392 Å². The Kier molecular flexibility index (Phi) is 49.4. The molecule has 3 saturated heterocycles. The minimum Gasteiger partial charge on any atom is -0.494 e. The number of hydrogen-bond acceptors (Lipinski definition) is 13. The summed E-state index contributed by atoms with van der Waals surface area (Å²) in [4.78, 5) is 31.4. The van der Waals surface area contributed by atoms with Crippen LogP contribution in [-0.4, -0.2) is 178 Å². The second-order valence-corrected chi connectivity index (χ2v) is 49.4. The van der Waals surface area contributed by atoms with Crippen molar-refractivity contribution < 1.29 is 33.3 Å². The number of nitrogens with one attached hydrogen (secondary N) is 5. The third-order valence-electron chi connectivity index (χ3n) is 20.0. The highest BCUT2D eigenvalue weighted by Crippen LogP contribution is 2.29. The highest BCUT2D eigenvalue weighted by molar-refractivity contribution is 5.97. The van der Waals surface area contributed by atoms with Gasteiger partial charge >= 0.3 is 0 Å². The average Bonchev–Trinajstić information content (AvgIpc) is 1.75. The monoisotopic (exact) mass is 1720 g/mol. The average molecular weight is 1720 g/mol. The van der Waals surface area contributed by atoms with Crippen LogP contribution in [0.15, 0.2) is 97.1 Å². The minimum absolute atomic E-state index is 0.0610. The second-order valence-electron chi connectivity index (χ2n) is 49.4. The molecule has 5 N–H and O–H groups in total. The number of benzene rings is 4. The van der Waals surface area contributed by atoms with E-state index in [9.17, 15) is 9.59 Å². The van der Waals surface area contributed by atoms with Gasteiger partial charge in [0.05, 0.1) is 64.8 Å². The molecule has 4 aromatic carbocycles. The van der Waals surface area contributed by atoms with E-state index >= 15 is 0 Å². The molecule has 0 aliphatic carbocycles. The molecule has 0 radical (unpaired) electrons. The molecule has 15 nitrogen and oxygen atoms in total. The molecule has 3 fully saturated rings. The maximum atomic E-state index is 12.9. The maximum Gasteiger partial charge on any atom is 0.257 e. The molecule has 3 heterocycles. The van der Waals surface area contributed by atoms with Crippen LogP contribution in [-0.2, 0) is 51.2 Å². The lowest BCUT2D eigenvalue weighted by molar-refractivity contribution is -0.131. The zero-order chi connectivity index (χ0) is 93.5. The molecule has 0 bridgehead atoms. The quantitative estimate of drug-likeness (QED) is 0.0296. The molecule has 2 atom stereocenters. The van der Waals surface area contributed by atoms with Crippen LogP contribution in [0.5, 0.6) is 11.5 Å². The first kappa shape index (κ1) is 114. The lowest BCUT2D eigenvalue weighted by atomic mass is 9.88. The van der Waals surface area contributed by atoms with Crippen LogP contribution in [0.3, 0.4) is 0 Å². The van der Waals surface area contributed by atoms with Gasteiger partial charge in [0.25, 0.3) is 5.91 Å². The number of unbranched alkanes of at least 4 members (excludes halogenated alkanes) is 1. The first-order valence-electron chi connectivity index (χ1n) is 47.7. The van der Waals surface area contributed by atoms with Crippen molar-refractivity contribution in [3.8, 4) is 11.5 Å². The van der Waals surface area contributed by atoms with Gasteiger partial charge in [-0.3, -0.25) is 9.59 Å². The summed E-state index contributed by atoms with van der Waals surface area (Å²) in [5.41, 5.74) is 10.4. The third kappa shape index (κ3) is 64.5. The Bertz CT molecular complexity index is 3460. The first-order chi connectivity index (χ1) is 56.2. The van der Waals surface area contributed by atoms with Crippen LogP contribution in [0.25, 0.3) is 0 Å². The number of para-hydroxylation sites is 1. The van der Waals surface area contributed by atoms with Gasteiger partial charge < -0.3 is 65.0 Å². The summed E-state index contributed by atoms with van der Waals surface area (Å²) in [5, 5.41) is 17.9. The van der Waals surface area contributed by atoms with E-state index in [2.05, 4.69) is 354 Å². The van der Waals surface area contributed by atoms with Crippen molar-refractivity contribution in [3.05, 3.63) is 130 Å². The number of likely N-dealkylation sites (tertiary alicyclic amines) is 3. The maximum absolute atomic E-state index is 12.9. The fraction of sp³-hybridized carbons (Fsp3) is 0.759. The molecule has 3 aliphatic heterocycles. The highest BCUT2D eigenvalue weighted by atomic mass is 16.5. The number of hydrogen-bond donors (Lipinski definition) is 5. The van der Waals surface area contributed by atoms with Crippen molar-refractivity contribution in [3.63, 3.8) is 0 Å². The molecule has 0 aromatic heterocycles. The van der Waals surface area contributed by atoms with E-state index in [1.807, 2.05) is 34.1 Å². The second kappa shape index (κ2) is 53.3. The van der Waals surface area contributed by atoms with Crippen LogP contribution >= 0.6 is 0 Å². The largest absolute Gasteiger partial charge is 0.494 e. The van der Waals surface area contributed by atoms with Gasteiger partial charge in [0.1, 0.15) is 11.5 Å². The zero-order valence-electron chi connectivity index (χ0n) is 86.6. The smallest absolute Gasteiger partial charge is 0.257 e. The molecule has 0 saturated carbocycles. The molecule has 15 heteroatoms. The summed E-state index contributed by atoms with van der Waals surface area (Å²) in [7, 11) is 0. The highest BCUT2D eigenvalue weighted by Gasteiger charge is 2.32. The van der Waals surface area contributed by atoms with E-state index < -0.39 is 0 Å². The van der Waals surface area contributed by atoms with E-state index in [-0.39, 0.29) is 61.2 Å². The molecule has 708 valence electrons. The van der Waals surface area contributed by atoms with Gasteiger partial charge in [-0.1, -0.05) is 218 Å². The van der Waals surface area contributed by atoms with Gasteiger partial charge in [-0.25, -0.2) is 0 Å². The van der Waals surface area contributed by atoms with Crippen molar-refractivity contribution >= 4 is 11.8 Å². The molecule has 7 rings (SSSR count). The molecule has 123 heavy (non-hydrogen) atoms. The van der Waals surface area contributed by atoms with E-state index in [1.54, 1.807) is 0 Å². The number of carbonyl (C=O) groups excluding carboxylic acids is 2. The number of ether oxygens (including phenoxy) is 5. The Morgan fingerprint density at radius 3 is 1.32 bits per heavy atom. The summed E-state index contributed by atoms with van der Waals surface area (Å²) < 4.78 is 28.8. The van der Waals surface area contributed by atoms with Crippen LogP contribution in [0, 0.1) is 37.9 Å². The molecule has 0 spiro atoms. The molecular weight excluding hydrogens is 1520 g/mol. The van der Waals surface area contributed by atoms with Crippen LogP contribution < -0.4 is 36.1 Å². The van der Waals surface area contributed by atoms with Crippen LogP contribution in [0.4, 0.5) is 0 Å². The number of rotatable bonds is 32. The first-order valence-corrected chi connectivity index (χ1v) is 47.7. The summed E-state index contributed by atoms with van der Waals surface area (Å²) in [5.74, 6) is 1.99. The number of carbonyl (C=O) groups is 2. The summed E-state index contributed by atoms with van der Waals surface area (Å²) in [6.45, 7) is 94.3. The Labute approximate surface area is 758 Å². The van der Waals surface area contributed by atoms with Crippen LogP contribution in [0.2, 0.25) is 0 Å². The summed E-state index contributed by atoms with van der Waals surface area (Å²) >= 11 is 0. The predicted molar refractivity (Wildman–Crippen MR) is 530 cm³/mol. The zero-order valence-corrected chi connectivity index (χ0v) is 86.6. The van der Waals surface area contributed by atoms with Gasteiger partial charge in [0, 0.05) is 85.1 Å². The van der Waals surface area contributed by atoms with Gasteiger partial charge in [-0.15, -0.1) is 0 Å². The fourth-order valence-corrected chi connectivity index (χ4v) is 14.0. The van der Waals surface area contributed by atoms with Gasteiger partial charge in [-0.2, -0.15) is 0 Å². The molecule has 2 amide bonds.